The zero-order valence-corrected chi connectivity index (χ0v) is 11.3. The quantitative estimate of drug-likeness (QED) is 0.808. The van der Waals surface area contributed by atoms with E-state index < -0.39 is 43.4 Å². The van der Waals surface area contributed by atoms with Gasteiger partial charge in [0.1, 0.15) is 0 Å². The normalized spacial score (nSPS) is 35.2. The molecule has 2 fully saturated rings. The first-order valence-electron chi connectivity index (χ1n) is 6.34. The van der Waals surface area contributed by atoms with Gasteiger partial charge in [0, 0.05) is 0 Å². The molecule has 1 aromatic rings. The summed E-state index contributed by atoms with van der Waals surface area (Å²) >= 11 is 0. The number of halogens is 3. The Hall–Kier alpha value is -1.08. The van der Waals surface area contributed by atoms with Crippen molar-refractivity contribution in [3.63, 3.8) is 0 Å². The number of fused-ring (bicyclic) bond motifs is 2. The van der Waals surface area contributed by atoms with Crippen molar-refractivity contribution < 1.29 is 26.7 Å². The number of hydrogen-bond acceptors (Lipinski definition) is 3. The highest BCUT2D eigenvalue weighted by Gasteiger charge is 2.53. The molecule has 0 aliphatic carbocycles. The molecule has 0 amide bonds. The van der Waals surface area contributed by atoms with Gasteiger partial charge in [-0.25, -0.2) is 21.6 Å². The molecule has 110 valence electrons. The summed E-state index contributed by atoms with van der Waals surface area (Å²) in [6.07, 6.45) is 0.690. The zero-order chi connectivity index (χ0) is 14.7. The predicted molar refractivity (Wildman–Crippen MR) is 65.2 cm³/mol. The minimum atomic E-state index is -3.26. The largest absolute Gasteiger partial charge is 0.385 e. The first-order chi connectivity index (χ1) is 9.24. The van der Waals surface area contributed by atoms with E-state index in [0.29, 0.717) is 12.8 Å². The molecule has 3 rings (SSSR count). The van der Waals surface area contributed by atoms with Gasteiger partial charge in [-0.15, -0.1) is 0 Å². The van der Waals surface area contributed by atoms with Crippen LogP contribution in [-0.2, 0) is 15.4 Å². The number of aliphatic hydroxyl groups is 1. The summed E-state index contributed by atoms with van der Waals surface area (Å²) in [5.74, 6) is -4.35. The van der Waals surface area contributed by atoms with Gasteiger partial charge < -0.3 is 5.11 Å². The third kappa shape index (κ3) is 1.87. The Morgan fingerprint density at radius 3 is 1.95 bits per heavy atom. The monoisotopic (exact) mass is 306 g/mol. The van der Waals surface area contributed by atoms with Crippen LogP contribution in [0.2, 0.25) is 0 Å². The first-order valence-corrected chi connectivity index (χ1v) is 7.95. The smallest absolute Gasteiger partial charge is 0.194 e. The van der Waals surface area contributed by atoms with E-state index in [0.717, 1.165) is 12.1 Å². The van der Waals surface area contributed by atoms with Crippen molar-refractivity contribution in [3.05, 3.63) is 35.1 Å². The van der Waals surface area contributed by atoms with Crippen LogP contribution >= 0.6 is 0 Å². The highest BCUT2D eigenvalue weighted by molar-refractivity contribution is 7.93. The molecule has 1 N–H and O–H groups in total. The lowest BCUT2D eigenvalue weighted by molar-refractivity contribution is 0.0166. The van der Waals surface area contributed by atoms with E-state index in [1.807, 2.05) is 0 Å². The van der Waals surface area contributed by atoms with Gasteiger partial charge in [-0.2, -0.15) is 0 Å². The molecule has 3 nitrogen and oxygen atoms in total. The van der Waals surface area contributed by atoms with E-state index in [9.17, 15) is 26.7 Å². The summed E-state index contributed by atoms with van der Waals surface area (Å²) in [5.41, 5.74) is -1.72. The minimum Gasteiger partial charge on any atom is -0.385 e. The van der Waals surface area contributed by atoms with Crippen LogP contribution < -0.4 is 0 Å². The van der Waals surface area contributed by atoms with Gasteiger partial charge in [-0.05, 0) is 43.4 Å². The summed E-state index contributed by atoms with van der Waals surface area (Å²) in [6.45, 7) is 0. The van der Waals surface area contributed by atoms with Crippen molar-refractivity contribution in [3.8, 4) is 0 Å². The highest BCUT2D eigenvalue weighted by Crippen LogP contribution is 2.47. The molecule has 2 aliphatic rings. The Morgan fingerprint density at radius 2 is 1.50 bits per heavy atom. The molecule has 2 unspecified atom stereocenters. The summed E-state index contributed by atoms with van der Waals surface area (Å²) < 4.78 is 63.5. The Labute approximate surface area is 114 Å². The maximum atomic E-state index is 13.3. The molecular formula is C13H13F3O3S. The van der Waals surface area contributed by atoms with E-state index in [4.69, 9.17) is 0 Å². The molecule has 1 aromatic carbocycles. The van der Waals surface area contributed by atoms with E-state index in [1.54, 1.807) is 0 Å². The maximum Gasteiger partial charge on any atom is 0.194 e. The van der Waals surface area contributed by atoms with Gasteiger partial charge in [0.25, 0.3) is 0 Å². The summed E-state index contributed by atoms with van der Waals surface area (Å²) in [6, 6.07) is 1.49. The molecular weight excluding hydrogens is 293 g/mol. The average Bonchev–Trinajstić information content (AvgIpc) is 2.55. The van der Waals surface area contributed by atoms with E-state index in [2.05, 4.69) is 0 Å². The van der Waals surface area contributed by atoms with Gasteiger partial charge in [0.05, 0.1) is 16.1 Å². The lowest BCUT2D eigenvalue weighted by Gasteiger charge is -2.36. The van der Waals surface area contributed by atoms with Crippen molar-refractivity contribution in [2.45, 2.75) is 41.8 Å². The lowest BCUT2D eigenvalue weighted by Crippen LogP contribution is -2.43. The van der Waals surface area contributed by atoms with Crippen LogP contribution in [0.3, 0.4) is 0 Å². The second-order valence-electron chi connectivity index (χ2n) is 5.60. The predicted octanol–water partition coefficient (Wildman–Crippen LogP) is 2.03. The first kappa shape index (κ1) is 13.9. The van der Waals surface area contributed by atoms with Crippen molar-refractivity contribution in [2.24, 2.45) is 0 Å². The Bertz CT molecular complexity index is 628. The van der Waals surface area contributed by atoms with Crippen LogP contribution in [0.5, 0.6) is 0 Å². The molecule has 2 heterocycles. The summed E-state index contributed by atoms with van der Waals surface area (Å²) in [7, 11) is -3.26. The second-order valence-corrected chi connectivity index (χ2v) is 8.12. The number of rotatable bonds is 1. The highest BCUT2D eigenvalue weighted by atomic mass is 32.2. The Morgan fingerprint density at radius 1 is 1.05 bits per heavy atom. The molecule has 2 atom stereocenters. The number of sulfone groups is 1. The third-order valence-corrected chi connectivity index (χ3v) is 7.05. The number of benzene rings is 1. The fourth-order valence-corrected chi connectivity index (χ4v) is 5.80. The molecule has 0 saturated carbocycles. The van der Waals surface area contributed by atoms with Crippen LogP contribution in [0, 0.1) is 17.5 Å². The van der Waals surface area contributed by atoms with Gasteiger partial charge in [-0.3, -0.25) is 0 Å². The summed E-state index contributed by atoms with van der Waals surface area (Å²) in [5, 5.41) is 9.19. The van der Waals surface area contributed by atoms with Crippen molar-refractivity contribution in [1.82, 2.24) is 0 Å². The van der Waals surface area contributed by atoms with Crippen LogP contribution in [0.15, 0.2) is 12.1 Å². The molecule has 0 aromatic heterocycles. The number of hydrogen-bond donors (Lipinski definition) is 1. The molecule has 2 saturated heterocycles. The van der Waals surface area contributed by atoms with Crippen LogP contribution in [0.4, 0.5) is 13.2 Å². The van der Waals surface area contributed by atoms with E-state index in [1.165, 1.54) is 0 Å². The van der Waals surface area contributed by atoms with Crippen molar-refractivity contribution >= 4 is 9.84 Å². The molecule has 20 heavy (non-hydrogen) atoms. The van der Waals surface area contributed by atoms with Gasteiger partial charge in [0.2, 0.25) is 0 Å². The second kappa shape index (κ2) is 4.21. The standard InChI is InChI=1S/C13H13F3O3S/c14-10-3-7(4-11(15)12(10)16)13(17)5-8-1-2-9(6-13)20(8,18)19/h3-4,8-9,17H,1-2,5-6H2. The molecule has 7 heteroatoms. The lowest BCUT2D eigenvalue weighted by atomic mass is 9.86. The van der Waals surface area contributed by atoms with Crippen LogP contribution in [0.1, 0.15) is 31.2 Å². The molecule has 2 bridgehead atoms. The zero-order valence-electron chi connectivity index (χ0n) is 10.4. The van der Waals surface area contributed by atoms with Crippen molar-refractivity contribution in [1.29, 1.82) is 0 Å². The fraction of sp³-hybridized carbons (Fsp3) is 0.538. The Balaban J connectivity index is 2.03. The van der Waals surface area contributed by atoms with Crippen LogP contribution in [-0.4, -0.2) is 24.0 Å². The van der Waals surface area contributed by atoms with Gasteiger partial charge in [-0.1, -0.05) is 0 Å². The van der Waals surface area contributed by atoms with Gasteiger partial charge >= 0.3 is 0 Å². The topological polar surface area (TPSA) is 54.4 Å². The van der Waals surface area contributed by atoms with Crippen molar-refractivity contribution in [2.75, 3.05) is 0 Å². The SMILES string of the molecule is O=S1(=O)C2CCC1CC(O)(c1cc(F)c(F)c(F)c1)C2. The molecule has 2 aliphatic heterocycles. The third-order valence-electron chi connectivity index (χ3n) is 4.39. The van der Waals surface area contributed by atoms with Gasteiger partial charge in [0.15, 0.2) is 27.3 Å². The molecule has 0 spiro atoms. The minimum absolute atomic E-state index is 0.0966. The van der Waals surface area contributed by atoms with E-state index >= 15 is 0 Å². The van der Waals surface area contributed by atoms with E-state index in [-0.39, 0.29) is 18.4 Å². The Kier molecular flexibility index (Phi) is 2.92. The average molecular weight is 306 g/mol. The maximum absolute atomic E-state index is 13.3. The fourth-order valence-electron chi connectivity index (χ4n) is 3.31. The summed E-state index contributed by atoms with van der Waals surface area (Å²) in [4.78, 5) is 0. The molecule has 0 radical (unpaired) electrons. The van der Waals surface area contributed by atoms with Crippen LogP contribution in [0.25, 0.3) is 0 Å².